The molecule has 2 aromatic heterocycles. The summed E-state index contributed by atoms with van der Waals surface area (Å²) in [5, 5.41) is 10.4. The molecule has 0 aromatic carbocycles. The Morgan fingerprint density at radius 2 is 2.24 bits per heavy atom. The summed E-state index contributed by atoms with van der Waals surface area (Å²) in [4.78, 5) is 13.3. The van der Waals surface area contributed by atoms with Crippen molar-refractivity contribution in [3.8, 4) is 0 Å². The Kier molecular flexibility index (Phi) is 2.82. The number of hydrogen-bond donors (Lipinski definition) is 1. The number of nitrogens with zero attached hydrogens (tertiary/aromatic N) is 4. The van der Waals surface area contributed by atoms with Crippen LogP contribution >= 0.6 is 11.6 Å². The van der Waals surface area contributed by atoms with Crippen LogP contribution in [0.2, 0.25) is 0 Å². The van der Waals surface area contributed by atoms with Crippen molar-refractivity contribution in [2.45, 2.75) is 19.4 Å². The minimum absolute atomic E-state index is 0.241. The van der Waals surface area contributed by atoms with Crippen molar-refractivity contribution in [2.24, 2.45) is 0 Å². The second-order valence-electron chi connectivity index (χ2n) is 4.50. The van der Waals surface area contributed by atoms with Gasteiger partial charge in [0, 0.05) is 18.5 Å². The average Bonchev–Trinajstić information content (AvgIpc) is 2.69. The van der Waals surface area contributed by atoms with Gasteiger partial charge in [-0.3, -0.25) is 0 Å². The number of anilines is 1. The third kappa shape index (κ3) is 2.00. The van der Waals surface area contributed by atoms with Gasteiger partial charge < -0.3 is 4.90 Å². The van der Waals surface area contributed by atoms with Crippen molar-refractivity contribution in [1.29, 1.82) is 0 Å². The number of halogens is 1. The average molecular weight is 256 g/mol. The van der Waals surface area contributed by atoms with Crippen molar-refractivity contribution < 1.29 is 0 Å². The highest BCUT2D eigenvalue weighted by Gasteiger charge is 2.24. The van der Waals surface area contributed by atoms with E-state index in [9.17, 15) is 4.79 Å². The van der Waals surface area contributed by atoms with Crippen molar-refractivity contribution in [3.63, 3.8) is 0 Å². The standard InChI is InChI=1S/C10H14ClN5O/c1-10(2,6-11)15(3)8-5-4-7-12-13-9(17)16(7)14-8/h4-5H,6H2,1-3H3,(H,13,17). The van der Waals surface area contributed by atoms with E-state index < -0.39 is 0 Å². The van der Waals surface area contributed by atoms with E-state index in [2.05, 4.69) is 15.3 Å². The van der Waals surface area contributed by atoms with Crippen LogP contribution in [0.3, 0.4) is 0 Å². The number of fused-ring (bicyclic) bond motifs is 1. The van der Waals surface area contributed by atoms with E-state index in [1.807, 2.05) is 31.9 Å². The van der Waals surface area contributed by atoms with E-state index in [0.29, 0.717) is 17.3 Å². The normalized spacial score (nSPS) is 12.0. The maximum atomic E-state index is 11.4. The first kappa shape index (κ1) is 11.9. The molecule has 0 saturated carbocycles. The second kappa shape index (κ2) is 4.03. The Morgan fingerprint density at radius 3 is 2.88 bits per heavy atom. The molecule has 2 aromatic rings. The molecular weight excluding hydrogens is 242 g/mol. The molecule has 0 radical (unpaired) electrons. The summed E-state index contributed by atoms with van der Waals surface area (Å²) in [6, 6.07) is 3.55. The number of hydrogen-bond acceptors (Lipinski definition) is 4. The molecule has 17 heavy (non-hydrogen) atoms. The SMILES string of the molecule is CN(c1ccc2n[nH]c(=O)n2n1)C(C)(C)CCl. The van der Waals surface area contributed by atoms with E-state index in [4.69, 9.17) is 11.6 Å². The Bertz CT molecular complexity index is 588. The van der Waals surface area contributed by atoms with Gasteiger partial charge >= 0.3 is 5.69 Å². The molecule has 6 nitrogen and oxygen atoms in total. The monoisotopic (exact) mass is 255 g/mol. The molecule has 0 atom stereocenters. The first-order chi connectivity index (χ1) is 7.95. The van der Waals surface area contributed by atoms with Crippen LogP contribution in [0.5, 0.6) is 0 Å². The van der Waals surface area contributed by atoms with E-state index in [-0.39, 0.29) is 11.2 Å². The third-order valence-corrected chi connectivity index (χ3v) is 3.49. The van der Waals surface area contributed by atoms with Gasteiger partial charge in [0.25, 0.3) is 0 Å². The first-order valence-corrected chi connectivity index (χ1v) is 5.73. The largest absolute Gasteiger partial charge is 0.364 e. The summed E-state index contributed by atoms with van der Waals surface area (Å²) in [6.45, 7) is 4.01. The summed E-state index contributed by atoms with van der Waals surface area (Å²) in [7, 11) is 1.89. The predicted octanol–water partition coefficient (Wildman–Crippen LogP) is 0.871. The van der Waals surface area contributed by atoms with E-state index in [1.54, 1.807) is 6.07 Å². The summed E-state index contributed by atoms with van der Waals surface area (Å²) in [6.07, 6.45) is 0. The highest BCUT2D eigenvalue weighted by Crippen LogP contribution is 2.20. The zero-order valence-electron chi connectivity index (χ0n) is 9.94. The Hall–Kier alpha value is -1.56. The summed E-state index contributed by atoms with van der Waals surface area (Å²) in [5.74, 6) is 1.13. The van der Waals surface area contributed by atoms with Crippen LogP contribution < -0.4 is 10.6 Å². The van der Waals surface area contributed by atoms with Crippen LogP contribution in [0.15, 0.2) is 16.9 Å². The molecule has 92 valence electrons. The molecular formula is C10H14ClN5O. The quantitative estimate of drug-likeness (QED) is 0.827. The van der Waals surface area contributed by atoms with Crippen molar-refractivity contribution in [3.05, 3.63) is 22.6 Å². The minimum Gasteiger partial charge on any atom is -0.352 e. The Morgan fingerprint density at radius 1 is 1.53 bits per heavy atom. The van der Waals surface area contributed by atoms with Gasteiger partial charge in [-0.05, 0) is 26.0 Å². The number of nitrogens with one attached hydrogen (secondary N) is 1. The van der Waals surface area contributed by atoms with Crippen molar-refractivity contribution in [1.82, 2.24) is 19.8 Å². The maximum Gasteiger partial charge on any atom is 0.364 e. The lowest BCUT2D eigenvalue weighted by atomic mass is 10.1. The highest BCUT2D eigenvalue weighted by molar-refractivity contribution is 6.18. The van der Waals surface area contributed by atoms with E-state index >= 15 is 0 Å². The molecule has 7 heteroatoms. The second-order valence-corrected chi connectivity index (χ2v) is 4.76. The molecule has 1 N–H and O–H groups in total. The molecule has 0 fully saturated rings. The van der Waals surface area contributed by atoms with Crippen LogP contribution in [0.25, 0.3) is 5.65 Å². The molecule has 2 heterocycles. The van der Waals surface area contributed by atoms with Crippen LogP contribution in [-0.2, 0) is 0 Å². The van der Waals surface area contributed by atoms with Crippen LogP contribution in [0, 0.1) is 0 Å². The lowest BCUT2D eigenvalue weighted by Crippen LogP contribution is -2.43. The molecule has 0 unspecified atom stereocenters. The first-order valence-electron chi connectivity index (χ1n) is 5.20. The van der Waals surface area contributed by atoms with Crippen LogP contribution in [0.1, 0.15) is 13.8 Å². The summed E-state index contributed by atoms with van der Waals surface area (Å²) >= 11 is 5.91. The maximum absolute atomic E-state index is 11.4. The Balaban J connectivity index is 2.49. The van der Waals surface area contributed by atoms with Crippen molar-refractivity contribution in [2.75, 3.05) is 17.8 Å². The van der Waals surface area contributed by atoms with Gasteiger partial charge in [0.2, 0.25) is 0 Å². The summed E-state index contributed by atoms with van der Waals surface area (Å²) < 4.78 is 1.23. The lowest BCUT2D eigenvalue weighted by Gasteiger charge is -2.34. The van der Waals surface area contributed by atoms with Crippen LogP contribution in [-0.4, -0.2) is 38.3 Å². The van der Waals surface area contributed by atoms with E-state index in [1.165, 1.54) is 4.52 Å². The highest BCUT2D eigenvalue weighted by atomic mass is 35.5. The number of alkyl halides is 1. The van der Waals surface area contributed by atoms with Gasteiger partial charge in [0.05, 0.1) is 0 Å². The molecule has 0 spiro atoms. The van der Waals surface area contributed by atoms with Gasteiger partial charge in [-0.15, -0.1) is 16.7 Å². The topological polar surface area (TPSA) is 66.3 Å². The fourth-order valence-electron chi connectivity index (χ4n) is 1.37. The van der Waals surface area contributed by atoms with Gasteiger partial charge in [0.15, 0.2) is 5.65 Å². The molecule has 2 rings (SSSR count). The van der Waals surface area contributed by atoms with Gasteiger partial charge in [-0.1, -0.05) is 0 Å². The number of aromatic amines is 1. The molecule has 0 aliphatic carbocycles. The fourth-order valence-corrected chi connectivity index (χ4v) is 1.55. The van der Waals surface area contributed by atoms with Gasteiger partial charge in [-0.25, -0.2) is 9.89 Å². The fraction of sp³-hybridized carbons (Fsp3) is 0.500. The van der Waals surface area contributed by atoms with Crippen molar-refractivity contribution >= 4 is 23.1 Å². The zero-order valence-corrected chi connectivity index (χ0v) is 10.7. The third-order valence-electron chi connectivity index (χ3n) is 2.84. The molecule has 0 amide bonds. The number of aromatic nitrogens is 4. The number of H-pyrrole nitrogens is 1. The lowest BCUT2D eigenvalue weighted by molar-refractivity contribution is 0.536. The smallest absolute Gasteiger partial charge is 0.352 e. The molecule has 0 saturated heterocycles. The minimum atomic E-state index is -0.348. The molecule has 0 aliphatic rings. The van der Waals surface area contributed by atoms with Gasteiger partial charge in [-0.2, -0.15) is 9.61 Å². The van der Waals surface area contributed by atoms with Gasteiger partial charge in [0.1, 0.15) is 5.82 Å². The predicted molar refractivity (Wildman–Crippen MR) is 66.8 cm³/mol. The van der Waals surface area contributed by atoms with Crippen LogP contribution in [0.4, 0.5) is 5.82 Å². The Labute approximate surface area is 103 Å². The molecule has 0 bridgehead atoms. The van der Waals surface area contributed by atoms with E-state index in [0.717, 1.165) is 0 Å². The zero-order chi connectivity index (χ0) is 12.6. The number of rotatable bonds is 3. The summed E-state index contributed by atoms with van der Waals surface area (Å²) in [5.41, 5.74) is -0.0926. The molecule has 0 aliphatic heterocycles.